The summed E-state index contributed by atoms with van der Waals surface area (Å²) in [7, 11) is 1.12. The molecule has 0 atom stereocenters. The standard InChI is InChI=1S/C10H11B/c1-2-8-3-4-10-9(7-8)5-6-11-10/h3-7,11H,2H2,1H3. The third-order valence-electron chi connectivity index (χ3n) is 2.25. The van der Waals surface area contributed by atoms with Crippen LogP contribution in [-0.2, 0) is 6.42 Å². The molecule has 1 aliphatic rings. The van der Waals surface area contributed by atoms with Crippen molar-refractivity contribution in [2.45, 2.75) is 13.3 Å². The second kappa shape index (κ2) is 2.57. The fourth-order valence-corrected chi connectivity index (χ4v) is 1.52. The van der Waals surface area contributed by atoms with Crippen LogP contribution < -0.4 is 5.46 Å². The number of benzene rings is 1. The van der Waals surface area contributed by atoms with E-state index in [9.17, 15) is 0 Å². The van der Waals surface area contributed by atoms with Crippen molar-refractivity contribution < 1.29 is 0 Å². The minimum atomic E-state index is 1.12. The van der Waals surface area contributed by atoms with E-state index >= 15 is 0 Å². The first-order valence-electron chi connectivity index (χ1n) is 4.18. The molecule has 1 aromatic carbocycles. The van der Waals surface area contributed by atoms with Gasteiger partial charge in [-0.15, -0.1) is 5.98 Å². The normalized spacial score (nSPS) is 12.8. The molecule has 0 fully saturated rings. The van der Waals surface area contributed by atoms with Crippen LogP contribution in [0.2, 0.25) is 0 Å². The summed E-state index contributed by atoms with van der Waals surface area (Å²) in [5.41, 5.74) is 4.34. The number of aryl methyl sites for hydroxylation is 1. The van der Waals surface area contributed by atoms with Gasteiger partial charge in [-0.2, -0.15) is 0 Å². The molecule has 0 saturated heterocycles. The summed E-state index contributed by atoms with van der Waals surface area (Å²) in [5, 5.41) is 0. The second-order valence-corrected chi connectivity index (χ2v) is 2.99. The SMILES string of the molecule is CCc1ccc2c(c1)C=CB2. The fraction of sp³-hybridized carbons (Fsp3) is 0.200. The zero-order valence-electron chi connectivity index (χ0n) is 6.80. The van der Waals surface area contributed by atoms with Crippen molar-refractivity contribution >= 4 is 18.8 Å². The van der Waals surface area contributed by atoms with E-state index in [-0.39, 0.29) is 0 Å². The first-order valence-corrected chi connectivity index (χ1v) is 4.18. The Morgan fingerprint density at radius 3 is 3.09 bits per heavy atom. The van der Waals surface area contributed by atoms with Gasteiger partial charge in [0, 0.05) is 0 Å². The van der Waals surface area contributed by atoms with Gasteiger partial charge in [0.1, 0.15) is 0 Å². The van der Waals surface area contributed by atoms with Crippen LogP contribution in [0.5, 0.6) is 0 Å². The minimum absolute atomic E-state index is 1.12. The van der Waals surface area contributed by atoms with E-state index in [0.29, 0.717) is 0 Å². The van der Waals surface area contributed by atoms with Crippen LogP contribution in [0.1, 0.15) is 18.1 Å². The summed E-state index contributed by atoms with van der Waals surface area (Å²) < 4.78 is 0. The van der Waals surface area contributed by atoms with E-state index in [1.54, 1.807) is 0 Å². The van der Waals surface area contributed by atoms with Gasteiger partial charge >= 0.3 is 0 Å². The topological polar surface area (TPSA) is 0 Å². The molecule has 0 nitrogen and oxygen atoms in total. The number of fused-ring (bicyclic) bond motifs is 1. The van der Waals surface area contributed by atoms with Crippen LogP contribution >= 0.6 is 0 Å². The predicted octanol–water partition coefficient (Wildman–Crippen LogP) is 1.30. The van der Waals surface area contributed by atoms with E-state index in [0.717, 1.165) is 13.7 Å². The molecule has 2 rings (SSSR count). The summed E-state index contributed by atoms with van der Waals surface area (Å²) in [6.45, 7) is 2.19. The zero-order chi connectivity index (χ0) is 7.68. The van der Waals surface area contributed by atoms with E-state index < -0.39 is 0 Å². The molecule has 54 valence electrons. The molecular weight excluding hydrogens is 131 g/mol. The van der Waals surface area contributed by atoms with Crippen LogP contribution in [-0.4, -0.2) is 7.28 Å². The van der Waals surface area contributed by atoms with E-state index in [1.807, 2.05) is 0 Å². The van der Waals surface area contributed by atoms with Crippen molar-refractivity contribution in [2.75, 3.05) is 0 Å². The molecule has 0 unspecified atom stereocenters. The molecular formula is C10H11B. The van der Waals surface area contributed by atoms with Crippen molar-refractivity contribution in [2.24, 2.45) is 0 Å². The Balaban J connectivity index is 2.47. The Labute approximate surface area is 68.2 Å². The number of hydrogen-bond donors (Lipinski definition) is 0. The third kappa shape index (κ3) is 1.11. The highest BCUT2D eigenvalue weighted by Gasteiger charge is 2.04. The Morgan fingerprint density at radius 2 is 2.27 bits per heavy atom. The monoisotopic (exact) mass is 142 g/mol. The van der Waals surface area contributed by atoms with Gasteiger partial charge in [-0.3, -0.25) is 0 Å². The lowest BCUT2D eigenvalue weighted by Crippen LogP contribution is -2.10. The highest BCUT2D eigenvalue weighted by molar-refractivity contribution is 6.62. The Kier molecular flexibility index (Phi) is 1.57. The van der Waals surface area contributed by atoms with Crippen molar-refractivity contribution in [3.8, 4) is 0 Å². The van der Waals surface area contributed by atoms with Crippen LogP contribution in [0.15, 0.2) is 24.2 Å². The molecule has 1 aliphatic heterocycles. The largest absolute Gasteiger partial charge is 0.183 e. The predicted molar refractivity (Wildman–Crippen MR) is 51.6 cm³/mol. The molecule has 0 amide bonds. The summed E-state index contributed by atoms with van der Waals surface area (Å²) in [6.07, 6.45) is 3.36. The van der Waals surface area contributed by atoms with Gasteiger partial charge in [-0.05, 0) is 17.5 Å². The highest BCUT2D eigenvalue weighted by Crippen LogP contribution is 2.08. The van der Waals surface area contributed by atoms with Crippen LogP contribution in [0.3, 0.4) is 0 Å². The summed E-state index contributed by atoms with van der Waals surface area (Å²) in [6, 6.07) is 6.76. The van der Waals surface area contributed by atoms with Crippen molar-refractivity contribution in [1.29, 1.82) is 0 Å². The average Bonchev–Trinajstić information content (AvgIpc) is 2.50. The fourth-order valence-electron chi connectivity index (χ4n) is 1.52. The quantitative estimate of drug-likeness (QED) is 0.518. The van der Waals surface area contributed by atoms with Crippen molar-refractivity contribution in [3.63, 3.8) is 0 Å². The van der Waals surface area contributed by atoms with E-state index in [4.69, 9.17) is 0 Å². The van der Waals surface area contributed by atoms with Crippen LogP contribution in [0, 0.1) is 0 Å². The van der Waals surface area contributed by atoms with Gasteiger partial charge < -0.3 is 0 Å². The van der Waals surface area contributed by atoms with Gasteiger partial charge in [0.2, 0.25) is 0 Å². The molecule has 0 aliphatic carbocycles. The molecule has 0 radical (unpaired) electrons. The Morgan fingerprint density at radius 1 is 1.36 bits per heavy atom. The summed E-state index contributed by atoms with van der Waals surface area (Å²) in [4.78, 5) is 0. The van der Waals surface area contributed by atoms with Gasteiger partial charge in [-0.1, -0.05) is 36.7 Å². The Bertz CT molecular complexity index is 300. The maximum atomic E-state index is 2.29. The van der Waals surface area contributed by atoms with E-state index in [2.05, 4.69) is 37.2 Å². The maximum absolute atomic E-state index is 2.29. The summed E-state index contributed by atoms with van der Waals surface area (Å²) >= 11 is 0. The lowest BCUT2D eigenvalue weighted by Gasteiger charge is -2.00. The van der Waals surface area contributed by atoms with E-state index in [1.165, 1.54) is 16.6 Å². The Hall–Kier alpha value is -0.975. The molecule has 0 saturated carbocycles. The first kappa shape index (κ1) is 6.72. The lowest BCUT2D eigenvalue weighted by molar-refractivity contribution is 1.14. The second-order valence-electron chi connectivity index (χ2n) is 2.99. The molecule has 0 spiro atoms. The lowest BCUT2D eigenvalue weighted by atomic mass is 9.73. The smallest absolute Gasteiger partial charge is 0.113 e. The third-order valence-corrected chi connectivity index (χ3v) is 2.25. The molecule has 0 bridgehead atoms. The maximum Gasteiger partial charge on any atom is 0.183 e. The van der Waals surface area contributed by atoms with Gasteiger partial charge in [0.15, 0.2) is 7.28 Å². The van der Waals surface area contributed by atoms with Crippen molar-refractivity contribution in [3.05, 3.63) is 35.3 Å². The van der Waals surface area contributed by atoms with Gasteiger partial charge in [-0.25, -0.2) is 0 Å². The molecule has 1 heterocycles. The van der Waals surface area contributed by atoms with Gasteiger partial charge in [0.05, 0.1) is 0 Å². The molecule has 0 N–H and O–H groups in total. The number of hydrogen-bond acceptors (Lipinski definition) is 0. The highest BCUT2D eigenvalue weighted by atomic mass is 14.0. The van der Waals surface area contributed by atoms with Crippen molar-refractivity contribution in [1.82, 2.24) is 0 Å². The minimum Gasteiger partial charge on any atom is -0.113 e. The van der Waals surface area contributed by atoms with Gasteiger partial charge in [0.25, 0.3) is 0 Å². The van der Waals surface area contributed by atoms with Crippen LogP contribution in [0.25, 0.3) is 6.08 Å². The molecule has 0 aromatic heterocycles. The molecule has 1 aromatic rings. The number of rotatable bonds is 1. The molecule has 11 heavy (non-hydrogen) atoms. The first-order chi connectivity index (χ1) is 5.40. The average molecular weight is 142 g/mol. The molecule has 1 heteroatoms. The van der Waals surface area contributed by atoms with Crippen LogP contribution in [0.4, 0.5) is 0 Å². The zero-order valence-corrected chi connectivity index (χ0v) is 6.80. The summed E-state index contributed by atoms with van der Waals surface area (Å²) in [5.74, 6) is 2.23.